The Morgan fingerprint density at radius 1 is 1.10 bits per heavy atom. The van der Waals surface area contributed by atoms with Crippen LogP contribution in [0.2, 0.25) is 0 Å². The van der Waals surface area contributed by atoms with E-state index >= 15 is 0 Å². The van der Waals surface area contributed by atoms with E-state index in [1.807, 2.05) is 20.8 Å². The molecule has 1 aliphatic heterocycles. The van der Waals surface area contributed by atoms with Crippen LogP contribution in [0.5, 0.6) is 5.75 Å². The van der Waals surface area contributed by atoms with Crippen molar-refractivity contribution in [2.75, 3.05) is 5.01 Å². The van der Waals surface area contributed by atoms with E-state index in [1.165, 1.54) is 23.2 Å². The molecule has 5 nitrogen and oxygen atoms in total. The highest BCUT2D eigenvalue weighted by Crippen LogP contribution is 2.30. The molecule has 0 bridgehead atoms. The van der Waals surface area contributed by atoms with Crippen LogP contribution in [0.4, 0.5) is 14.5 Å². The minimum absolute atomic E-state index is 0.126. The fourth-order valence-electron chi connectivity index (χ4n) is 3.39. The lowest BCUT2D eigenvalue weighted by molar-refractivity contribution is -0.128. The average molecular weight is 428 g/mol. The standard InChI is InChI=1S/C24H26F2N2O3/c1-15-21(20(29)14-16-7-6-8-17(13-16)24(5,25)26)22(30)28(27-15)18-9-11-19(12-10-18)31-23(2,3)4/h6-13,21H,14H2,1-5H3. The van der Waals surface area contributed by atoms with Crippen LogP contribution in [-0.4, -0.2) is 23.0 Å². The van der Waals surface area contributed by atoms with Gasteiger partial charge < -0.3 is 4.74 Å². The summed E-state index contributed by atoms with van der Waals surface area (Å²) >= 11 is 0. The van der Waals surface area contributed by atoms with E-state index in [1.54, 1.807) is 37.3 Å². The Morgan fingerprint density at radius 2 is 1.74 bits per heavy atom. The number of ether oxygens (including phenoxy) is 1. The molecule has 1 heterocycles. The summed E-state index contributed by atoms with van der Waals surface area (Å²) in [5.41, 5.74) is 0.818. The van der Waals surface area contributed by atoms with Crippen LogP contribution in [0.3, 0.4) is 0 Å². The number of alkyl halides is 2. The number of benzene rings is 2. The van der Waals surface area contributed by atoms with Gasteiger partial charge in [0.2, 0.25) is 0 Å². The second-order valence-corrected chi connectivity index (χ2v) is 8.76. The molecule has 0 N–H and O–H groups in total. The first-order valence-corrected chi connectivity index (χ1v) is 10.0. The molecule has 2 aromatic carbocycles. The van der Waals surface area contributed by atoms with Gasteiger partial charge in [-0.05, 0) is 63.6 Å². The van der Waals surface area contributed by atoms with Crippen LogP contribution < -0.4 is 9.75 Å². The summed E-state index contributed by atoms with van der Waals surface area (Å²) in [7, 11) is 0. The van der Waals surface area contributed by atoms with Crippen molar-refractivity contribution in [3.05, 3.63) is 59.7 Å². The van der Waals surface area contributed by atoms with Gasteiger partial charge in [-0.1, -0.05) is 18.2 Å². The van der Waals surface area contributed by atoms with Gasteiger partial charge in [-0.2, -0.15) is 10.1 Å². The van der Waals surface area contributed by atoms with Gasteiger partial charge in [0.05, 0.1) is 11.4 Å². The molecule has 2 aromatic rings. The third-order valence-electron chi connectivity index (χ3n) is 4.77. The number of halogens is 2. The molecule has 3 rings (SSSR count). The summed E-state index contributed by atoms with van der Waals surface area (Å²) in [5.74, 6) is -4.21. The van der Waals surface area contributed by atoms with Crippen LogP contribution in [0, 0.1) is 5.92 Å². The van der Waals surface area contributed by atoms with Crippen LogP contribution in [0.25, 0.3) is 0 Å². The van der Waals surface area contributed by atoms with Gasteiger partial charge in [-0.3, -0.25) is 9.59 Å². The highest BCUT2D eigenvalue weighted by molar-refractivity contribution is 6.27. The van der Waals surface area contributed by atoms with E-state index in [0.29, 0.717) is 22.7 Å². The summed E-state index contributed by atoms with van der Waals surface area (Å²) < 4.78 is 32.9. The molecule has 0 radical (unpaired) electrons. The molecule has 0 saturated carbocycles. The Balaban J connectivity index is 1.74. The first-order chi connectivity index (χ1) is 14.3. The van der Waals surface area contributed by atoms with Gasteiger partial charge in [0.1, 0.15) is 17.3 Å². The number of hydrogen-bond donors (Lipinski definition) is 0. The largest absolute Gasteiger partial charge is 0.488 e. The molecule has 164 valence electrons. The van der Waals surface area contributed by atoms with Gasteiger partial charge in [0.15, 0.2) is 5.78 Å². The lowest BCUT2D eigenvalue weighted by Crippen LogP contribution is -2.33. The van der Waals surface area contributed by atoms with Gasteiger partial charge in [-0.15, -0.1) is 0 Å². The molecule has 7 heteroatoms. The Kier molecular flexibility index (Phi) is 5.98. The van der Waals surface area contributed by atoms with Crippen molar-refractivity contribution in [1.82, 2.24) is 0 Å². The van der Waals surface area contributed by atoms with Crippen molar-refractivity contribution in [1.29, 1.82) is 0 Å². The van der Waals surface area contributed by atoms with Gasteiger partial charge >= 0.3 is 0 Å². The number of anilines is 1. The molecule has 0 fully saturated rings. The minimum Gasteiger partial charge on any atom is -0.488 e. The number of rotatable bonds is 6. The minimum atomic E-state index is -3.00. The van der Waals surface area contributed by atoms with Crippen molar-refractivity contribution in [3.8, 4) is 5.75 Å². The molecular formula is C24H26F2N2O3. The lowest BCUT2D eigenvalue weighted by atomic mass is 9.93. The quantitative estimate of drug-likeness (QED) is 0.600. The Labute approximate surface area is 180 Å². The molecular weight excluding hydrogens is 402 g/mol. The van der Waals surface area contributed by atoms with Crippen LogP contribution >= 0.6 is 0 Å². The van der Waals surface area contributed by atoms with Crippen LogP contribution in [-0.2, 0) is 21.9 Å². The maximum atomic E-state index is 13.6. The summed E-state index contributed by atoms with van der Waals surface area (Å²) in [6.45, 7) is 8.24. The van der Waals surface area contributed by atoms with Crippen molar-refractivity contribution in [2.45, 2.75) is 52.6 Å². The molecule has 0 spiro atoms. The average Bonchev–Trinajstić information content (AvgIpc) is 2.95. The van der Waals surface area contributed by atoms with Crippen LogP contribution in [0.15, 0.2) is 53.6 Å². The normalized spacial score (nSPS) is 17.0. The Bertz CT molecular complexity index is 1020. The van der Waals surface area contributed by atoms with E-state index in [-0.39, 0.29) is 23.4 Å². The highest BCUT2D eigenvalue weighted by Gasteiger charge is 2.39. The maximum absolute atomic E-state index is 13.6. The highest BCUT2D eigenvalue weighted by atomic mass is 19.3. The number of carbonyl (C=O) groups excluding carboxylic acids is 2. The third kappa shape index (κ3) is 5.34. The van der Waals surface area contributed by atoms with E-state index in [4.69, 9.17) is 4.74 Å². The number of amides is 1. The molecule has 1 amide bonds. The zero-order chi connectivity index (χ0) is 23.0. The summed E-state index contributed by atoms with van der Waals surface area (Å²) in [5, 5.41) is 5.47. The fraction of sp³-hybridized carbons (Fsp3) is 0.375. The first kappa shape index (κ1) is 22.6. The van der Waals surface area contributed by atoms with Crippen LogP contribution in [0.1, 0.15) is 45.7 Å². The number of hydrazone groups is 1. The molecule has 31 heavy (non-hydrogen) atoms. The molecule has 0 saturated heterocycles. The SMILES string of the molecule is CC1=NN(c2ccc(OC(C)(C)C)cc2)C(=O)C1C(=O)Cc1cccc(C(C)(F)F)c1. The maximum Gasteiger partial charge on any atom is 0.270 e. The number of carbonyl (C=O) groups is 2. The number of ketones is 1. The van der Waals surface area contributed by atoms with E-state index in [9.17, 15) is 18.4 Å². The topological polar surface area (TPSA) is 59.0 Å². The van der Waals surface area contributed by atoms with Crippen molar-refractivity contribution >= 4 is 23.1 Å². The van der Waals surface area contributed by atoms with Gasteiger partial charge in [-0.25, -0.2) is 8.78 Å². The smallest absolute Gasteiger partial charge is 0.270 e. The zero-order valence-electron chi connectivity index (χ0n) is 18.3. The van der Waals surface area contributed by atoms with Crippen molar-refractivity contribution in [3.63, 3.8) is 0 Å². The second kappa shape index (κ2) is 8.21. The molecule has 1 atom stereocenters. The summed E-state index contributed by atoms with van der Waals surface area (Å²) in [6.07, 6.45) is -0.126. The van der Waals surface area contributed by atoms with E-state index in [0.717, 1.165) is 6.92 Å². The Hall–Kier alpha value is -3.09. The van der Waals surface area contributed by atoms with E-state index < -0.39 is 17.7 Å². The number of nitrogens with zero attached hydrogens (tertiary/aromatic N) is 2. The lowest BCUT2D eigenvalue weighted by Gasteiger charge is -2.21. The predicted molar refractivity (Wildman–Crippen MR) is 116 cm³/mol. The third-order valence-corrected chi connectivity index (χ3v) is 4.77. The number of hydrogen-bond acceptors (Lipinski definition) is 4. The van der Waals surface area contributed by atoms with Crippen molar-refractivity contribution in [2.24, 2.45) is 11.0 Å². The van der Waals surface area contributed by atoms with Crippen molar-refractivity contribution < 1.29 is 23.1 Å². The predicted octanol–water partition coefficient (Wildman–Crippen LogP) is 5.13. The van der Waals surface area contributed by atoms with Gasteiger partial charge in [0, 0.05) is 18.9 Å². The van der Waals surface area contributed by atoms with E-state index in [2.05, 4.69) is 5.10 Å². The molecule has 1 unspecified atom stereocenters. The molecule has 1 aliphatic rings. The number of Topliss-reactive ketones (excluding diaryl/α,β-unsaturated/α-hetero) is 1. The zero-order valence-corrected chi connectivity index (χ0v) is 18.3. The fourth-order valence-corrected chi connectivity index (χ4v) is 3.39. The van der Waals surface area contributed by atoms with Gasteiger partial charge in [0.25, 0.3) is 11.8 Å². The molecule has 0 aliphatic carbocycles. The summed E-state index contributed by atoms with van der Waals surface area (Å²) in [6, 6.07) is 12.6. The molecule has 0 aromatic heterocycles. The second-order valence-electron chi connectivity index (χ2n) is 8.76. The first-order valence-electron chi connectivity index (χ1n) is 10.0. The monoisotopic (exact) mass is 428 g/mol. The Morgan fingerprint density at radius 3 is 2.32 bits per heavy atom. The summed E-state index contributed by atoms with van der Waals surface area (Å²) in [4.78, 5) is 25.8.